The summed E-state index contributed by atoms with van der Waals surface area (Å²) in [5.74, 6) is 0.825. The fourth-order valence-corrected chi connectivity index (χ4v) is 1.82. The maximum absolute atomic E-state index is 11.9. The van der Waals surface area contributed by atoms with Crippen molar-refractivity contribution in [1.29, 1.82) is 0 Å². The fourth-order valence-electron chi connectivity index (χ4n) is 1.82. The Morgan fingerprint density at radius 2 is 2.16 bits per heavy atom. The van der Waals surface area contributed by atoms with Crippen LogP contribution in [0.1, 0.15) is 12.7 Å². The lowest BCUT2D eigenvalue weighted by atomic mass is 10.4. The molecule has 6 heteroatoms. The van der Waals surface area contributed by atoms with Crippen molar-refractivity contribution in [2.75, 3.05) is 6.54 Å². The summed E-state index contributed by atoms with van der Waals surface area (Å²) in [5, 5.41) is 3.13. The molecule has 0 radical (unpaired) electrons. The minimum atomic E-state index is -0.269. The molecule has 0 aliphatic heterocycles. The smallest absolute Gasteiger partial charge is 0.330 e. The van der Waals surface area contributed by atoms with Gasteiger partial charge in [-0.2, -0.15) is 0 Å². The third-order valence-corrected chi connectivity index (χ3v) is 2.87. The van der Waals surface area contributed by atoms with Crippen LogP contribution in [0, 0.1) is 0 Å². The van der Waals surface area contributed by atoms with Crippen LogP contribution < -0.4 is 16.6 Å². The van der Waals surface area contributed by atoms with Gasteiger partial charge in [-0.25, -0.2) is 4.79 Å². The Bertz CT molecular complexity index is 625. The monoisotopic (exact) mass is 263 g/mol. The number of aromatic nitrogens is 2. The second-order valence-corrected chi connectivity index (χ2v) is 4.13. The van der Waals surface area contributed by atoms with Crippen LogP contribution in [-0.4, -0.2) is 15.7 Å². The van der Waals surface area contributed by atoms with E-state index in [-0.39, 0.29) is 11.2 Å². The van der Waals surface area contributed by atoms with Crippen molar-refractivity contribution < 1.29 is 4.42 Å². The van der Waals surface area contributed by atoms with E-state index in [0.717, 1.165) is 5.76 Å². The summed E-state index contributed by atoms with van der Waals surface area (Å²) in [6.45, 7) is 3.88. The van der Waals surface area contributed by atoms with Crippen molar-refractivity contribution in [1.82, 2.24) is 14.5 Å². The number of furan rings is 1. The Labute approximate surface area is 110 Å². The molecule has 2 aromatic heterocycles. The first-order valence-corrected chi connectivity index (χ1v) is 6.25. The van der Waals surface area contributed by atoms with E-state index >= 15 is 0 Å². The number of hydrogen-bond acceptors (Lipinski definition) is 4. The maximum Gasteiger partial charge on any atom is 0.330 e. The number of nitrogens with one attached hydrogen (secondary N) is 1. The molecule has 2 heterocycles. The number of nitrogens with zero attached hydrogens (tertiary/aromatic N) is 2. The molecule has 0 saturated heterocycles. The van der Waals surface area contributed by atoms with Gasteiger partial charge in [-0.3, -0.25) is 9.36 Å². The number of rotatable bonds is 6. The maximum atomic E-state index is 11.9. The first kappa shape index (κ1) is 13.4. The topological polar surface area (TPSA) is 69.2 Å². The highest BCUT2D eigenvalue weighted by atomic mass is 16.3. The van der Waals surface area contributed by atoms with E-state index in [0.29, 0.717) is 26.2 Å². The molecule has 0 fully saturated rings. The highest BCUT2D eigenvalue weighted by Gasteiger charge is 2.03. The quantitative estimate of drug-likeness (QED) is 0.767. The molecule has 19 heavy (non-hydrogen) atoms. The lowest BCUT2D eigenvalue weighted by Gasteiger charge is -2.08. The van der Waals surface area contributed by atoms with Crippen LogP contribution in [0.25, 0.3) is 0 Å². The van der Waals surface area contributed by atoms with Gasteiger partial charge in [0.05, 0.1) is 12.8 Å². The lowest BCUT2D eigenvalue weighted by Crippen LogP contribution is -2.40. The first-order valence-electron chi connectivity index (χ1n) is 6.25. The summed E-state index contributed by atoms with van der Waals surface area (Å²) in [6, 6.07) is 5.10. The zero-order valence-electron chi connectivity index (χ0n) is 10.8. The van der Waals surface area contributed by atoms with E-state index < -0.39 is 0 Å². The SMILES string of the molecule is CCn1ccc(=O)n(CCNCc2ccco2)c1=O. The van der Waals surface area contributed by atoms with E-state index in [9.17, 15) is 9.59 Å². The number of hydrogen-bond donors (Lipinski definition) is 1. The van der Waals surface area contributed by atoms with Crippen LogP contribution >= 0.6 is 0 Å². The summed E-state index contributed by atoms with van der Waals surface area (Å²) in [6.07, 6.45) is 3.13. The van der Waals surface area contributed by atoms with Crippen molar-refractivity contribution in [2.45, 2.75) is 26.6 Å². The third-order valence-electron chi connectivity index (χ3n) is 2.87. The van der Waals surface area contributed by atoms with Crippen LogP contribution in [0.15, 0.2) is 44.7 Å². The largest absolute Gasteiger partial charge is 0.468 e. The van der Waals surface area contributed by atoms with Crippen molar-refractivity contribution in [3.63, 3.8) is 0 Å². The molecule has 102 valence electrons. The van der Waals surface area contributed by atoms with Gasteiger partial charge in [-0.1, -0.05) is 0 Å². The summed E-state index contributed by atoms with van der Waals surface area (Å²) in [5.41, 5.74) is -0.538. The first-order chi connectivity index (χ1) is 9.22. The number of aryl methyl sites for hydroxylation is 1. The van der Waals surface area contributed by atoms with Gasteiger partial charge in [0.25, 0.3) is 5.56 Å². The summed E-state index contributed by atoms with van der Waals surface area (Å²) in [4.78, 5) is 23.6. The minimum Gasteiger partial charge on any atom is -0.468 e. The molecular weight excluding hydrogens is 246 g/mol. The van der Waals surface area contributed by atoms with E-state index in [1.807, 2.05) is 19.1 Å². The Kier molecular flexibility index (Phi) is 4.35. The average molecular weight is 263 g/mol. The van der Waals surface area contributed by atoms with Crippen molar-refractivity contribution in [3.8, 4) is 0 Å². The molecular formula is C13H17N3O3. The van der Waals surface area contributed by atoms with Crippen molar-refractivity contribution in [3.05, 3.63) is 57.3 Å². The molecule has 0 spiro atoms. The molecule has 0 atom stereocenters. The second-order valence-electron chi connectivity index (χ2n) is 4.13. The molecule has 2 rings (SSSR count). The molecule has 0 aliphatic carbocycles. The van der Waals surface area contributed by atoms with Crippen LogP contribution in [0.5, 0.6) is 0 Å². The molecule has 0 amide bonds. The predicted octanol–water partition coefficient (Wildman–Crippen LogP) is 0.413. The van der Waals surface area contributed by atoms with Gasteiger partial charge in [-0.05, 0) is 19.1 Å². The van der Waals surface area contributed by atoms with Crippen molar-refractivity contribution >= 4 is 0 Å². The van der Waals surface area contributed by atoms with E-state index in [1.54, 1.807) is 6.26 Å². The summed E-state index contributed by atoms with van der Waals surface area (Å²) < 4.78 is 7.92. The Morgan fingerprint density at radius 3 is 2.84 bits per heavy atom. The van der Waals surface area contributed by atoms with E-state index in [4.69, 9.17) is 4.42 Å². The Morgan fingerprint density at radius 1 is 1.32 bits per heavy atom. The molecule has 0 aliphatic rings. The zero-order valence-corrected chi connectivity index (χ0v) is 10.8. The Balaban J connectivity index is 1.96. The van der Waals surface area contributed by atoms with E-state index in [2.05, 4.69) is 5.32 Å². The second kappa shape index (κ2) is 6.19. The summed E-state index contributed by atoms with van der Waals surface area (Å²) >= 11 is 0. The van der Waals surface area contributed by atoms with Crippen LogP contribution in [-0.2, 0) is 19.6 Å². The molecule has 6 nitrogen and oxygen atoms in total. The minimum absolute atomic E-state index is 0.269. The lowest BCUT2D eigenvalue weighted by molar-refractivity contribution is 0.468. The normalized spacial score (nSPS) is 10.8. The molecule has 2 aromatic rings. The average Bonchev–Trinajstić information content (AvgIpc) is 2.91. The van der Waals surface area contributed by atoms with Gasteiger partial charge < -0.3 is 14.3 Å². The Hall–Kier alpha value is -2.08. The third kappa shape index (κ3) is 3.23. The molecule has 1 N–H and O–H groups in total. The van der Waals surface area contributed by atoms with Crippen molar-refractivity contribution in [2.24, 2.45) is 0 Å². The standard InChI is InChI=1S/C13H17N3O3/c1-2-15-7-5-12(17)16(13(15)18)8-6-14-10-11-4-3-9-19-11/h3-5,7,9,14H,2,6,8,10H2,1H3. The summed E-state index contributed by atoms with van der Waals surface area (Å²) in [7, 11) is 0. The highest BCUT2D eigenvalue weighted by molar-refractivity contribution is 4.97. The predicted molar refractivity (Wildman–Crippen MR) is 71.1 cm³/mol. The highest BCUT2D eigenvalue weighted by Crippen LogP contribution is 1.97. The van der Waals surface area contributed by atoms with Crippen LogP contribution in [0.2, 0.25) is 0 Å². The van der Waals surface area contributed by atoms with Gasteiger partial charge in [0.2, 0.25) is 0 Å². The van der Waals surface area contributed by atoms with Crippen LogP contribution in [0.4, 0.5) is 0 Å². The molecule has 0 saturated carbocycles. The van der Waals surface area contributed by atoms with Crippen LogP contribution in [0.3, 0.4) is 0 Å². The van der Waals surface area contributed by atoms with Gasteiger partial charge in [0, 0.05) is 31.9 Å². The van der Waals surface area contributed by atoms with Gasteiger partial charge >= 0.3 is 5.69 Å². The molecule has 0 bridgehead atoms. The fraction of sp³-hybridized carbons (Fsp3) is 0.385. The van der Waals surface area contributed by atoms with Gasteiger partial charge in [0.1, 0.15) is 5.76 Å². The molecule has 0 aromatic carbocycles. The van der Waals surface area contributed by atoms with Gasteiger partial charge in [0.15, 0.2) is 0 Å². The zero-order chi connectivity index (χ0) is 13.7. The van der Waals surface area contributed by atoms with E-state index in [1.165, 1.54) is 21.4 Å². The molecule has 0 unspecified atom stereocenters. The van der Waals surface area contributed by atoms with Gasteiger partial charge in [-0.15, -0.1) is 0 Å².